The average Bonchev–Trinajstić information content (AvgIpc) is 2.74. The molecule has 0 atom stereocenters. The Balaban J connectivity index is 2.15. The van der Waals surface area contributed by atoms with Gasteiger partial charge in [-0.3, -0.25) is 9.59 Å². The van der Waals surface area contributed by atoms with Crippen LogP contribution < -0.4 is 16.4 Å². The Morgan fingerprint density at radius 2 is 2.10 bits per heavy atom. The first-order chi connectivity index (χ1) is 9.90. The Morgan fingerprint density at radius 3 is 2.71 bits per heavy atom. The molecule has 0 bridgehead atoms. The first-order valence-electron chi connectivity index (χ1n) is 6.44. The molecule has 2 amide bonds. The van der Waals surface area contributed by atoms with Crippen molar-refractivity contribution in [3.63, 3.8) is 0 Å². The maximum Gasteiger partial charge on any atom is 0.263 e. The molecule has 1 heterocycles. The highest BCUT2D eigenvalue weighted by Crippen LogP contribution is 2.35. The van der Waals surface area contributed by atoms with E-state index < -0.39 is 11.7 Å². The molecule has 0 aliphatic heterocycles. The number of thiophene rings is 1. The summed E-state index contributed by atoms with van der Waals surface area (Å²) in [5.74, 6) is -1.23. The van der Waals surface area contributed by atoms with Crippen LogP contribution in [0.15, 0.2) is 18.2 Å². The van der Waals surface area contributed by atoms with Crippen molar-refractivity contribution in [2.75, 3.05) is 12.3 Å². The summed E-state index contributed by atoms with van der Waals surface area (Å²) < 4.78 is 14.3. The molecule has 1 aromatic heterocycles. The first-order valence-corrected chi connectivity index (χ1v) is 7.26. The Morgan fingerprint density at radius 1 is 1.38 bits per heavy atom. The van der Waals surface area contributed by atoms with Gasteiger partial charge in [0.1, 0.15) is 10.7 Å². The molecule has 5 nitrogen and oxygen atoms in total. The van der Waals surface area contributed by atoms with E-state index in [1.165, 1.54) is 6.07 Å². The first kappa shape index (κ1) is 15.2. The fraction of sp³-hybridized carbons (Fsp3) is 0.286. The fourth-order valence-electron chi connectivity index (χ4n) is 1.91. The van der Waals surface area contributed by atoms with Gasteiger partial charge in [-0.1, -0.05) is 6.07 Å². The number of amides is 2. The lowest BCUT2D eigenvalue weighted by Gasteiger charge is -2.08. The molecule has 0 saturated heterocycles. The number of hydrogen-bond acceptors (Lipinski definition) is 4. The van der Waals surface area contributed by atoms with Crippen LogP contribution in [0.4, 0.5) is 10.1 Å². The summed E-state index contributed by atoms with van der Waals surface area (Å²) in [4.78, 5) is 23.8. The number of nitrogen functional groups attached to an aromatic ring is 1. The Hall–Kier alpha value is -2.15. The standard InChI is InChI=1S/C14H16FN3O2S/c1-7(2)18-10(19)6-17-14(20)13-12(16)11-8(15)4-3-5-9(11)21-13/h3-5,7H,6,16H2,1-2H3,(H,17,20)(H,18,19). The third-order valence-electron chi connectivity index (χ3n) is 2.77. The summed E-state index contributed by atoms with van der Waals surface area (Å²) in [6, 6.07) is 4.55. The summed E-state index contributed by atoms with van der Waals surface area (Å²) in [5.41, 5.74) is 5.94. The zero-order valence-corrected chi connectivity index (χ0v) is 12.5. The van der Waals surface area contributed by atoms with Crippen molar-refractivity contribution in [1.82, 2.24) is 10.6 Å². The lowest BCUT2D eigenvalue weighted by molar-refractivity contribution is -0.120. The molecule has 4 N–H and O–H groups in total. The van der Waals surface area contributed by atoms with Crippen LogP contribution in [0.5, 0.6) is 0 Å². The SMILES string of the molecule is CC(C)NC(=O)CNC(=O)c1sc2cccc(F)c2c1N. The van der Waals surface area contributed by atoms with Crippen molar-refractivity contribution in [2.45, 2.75) is 19.9 Å². The monoisotopic (exact) mass is 309 g/mol. The van der Waals surface area contributed by atoms with Crippen molar-refractivity contribution < 1.29 is 14.0 Å². The van der Waals surface area contributed by atoms with E-state index in [2.05, 4.69) is 10.6 Å². The van der Waals surface area contributed by atoms with E-state index in [9.17, 15) is 14.0 Å². The van der Waals surface area contributed by atoms with Crippen LogP contribution in [0.25, 0.3) is 10.1 Å². The van der Waals surface area contributed by atoms with Crippen LogP contribution in [-0.4, -0.2) is 24.4 Å². The van der Waals surface area contributed by atoms with Gasteiger partial charge in [0.2, 0.25) is 5.91 Å². The van der Waals surface area contributed by atoms with E-state index in [-0.39, 0.29) is 34.4 Å². The van der Waals surface area contributed by atoms with E-state index in [1.54, 1.807) is 12.1 Å². The van der Waals surface area contributed by atoms with Crippen molar-refractivity contribution in [3.05, 3.63) is 28.9 Å². The summed E-state index contributed by atoms with van der Waals surface area (Å²) in [6.45, 7) is 3.51. The minimum absolute atomic E-state index is 0.00195. The van der Waals surface area contributed by atoms with Gasteiger partial charge < -0.3 is 16.4 Å². The van der Waals surface area contributed by atoms with Crippen molar-refractivity contribution in [1.29, 1.82) is 0 Å². The number of carbonyl (C=O) groups is 2. The topological polar surface area (TPSA) is 84.2 Å². The molecule has 1 aromatic carbocycles. The van der Waals surface area contributed by atoms with Crippen LogP contribution in [0, 0.1) is 5.82 Å². The number of nitrogens with two attached hydrogens (primary N) is 1. The van der Waals surface area contributed by atoms with Gasteiger partial charge in [0.15, 0.2) is 0 Å². The molecule has 0 aliphatic carbocycles. The number of anilines is 1. The molecule has 0 saturated carbocycles. The molecule has 2 rings (SSSR count). The number of fused-ring (bicyclic) bond motifs is 1. The molecular formula is C14H16FN3O2S. The van der Waals surface area contributed by atoms with Crippen molar-refractivity contribution in [2.24, 2.45) is 0 Å². The van der Waals surface area contributed by atoms with Gasteiger partial charge in [-0.25, -0.2) is 4.39 Å². The average molecular weight is 309 g/mol. The van der Waals surface area contributed by atoms with Gasteiger partial charge in [-0.2, -0.15) is 0 Å². The van der Waals surface area contributed by atoms with E-state index in [4.69, 9.17) is 5.73 Å². The van der Waals surface area contributed by atoms with E-state index in [0.717, 1.165) is 11.3 Å². The minimum Gasteiger partial charge on any atom is -0.397 e. The molecule has 2 aromatic rings. The summed E-state index contributed by atoms with van der Waals surface area (Å²) >= 11 is 1.10. The second-order valence-corrected chi connectivity index (χ2v) is 5.91. The smallest absolute Gasteiger partial charge is 0.263 e. The van der Waals surface area contributed by atoms with Gasteiger partial charge in [-0.05, 0) is 26.0 Å². The van der Waals surface area contributed by atoms with Gasteiger partial charge in [0.25, 0.3) is 5.91 Å². The fourth-order valence-corrected chi connectivity index (χ4v) is 2.96. The van der Waals surface area contributed by atoms with E-state index >= 15 is 0 Å². The van der Waals surface area contributed by atoms with Crippen LogP contribution in [0.3, 0.4) is 0 Å². The van der Waals surface area contributed by atoms with Crippen LogP contribution >= 0.6 is 11.3 Å². The van der Waals surface area contributed by atoms with Gasteiger partial charge in [0.05, 0.1) is 17.6 Å². The van der Waals surface area contributed by atoms with Crippen LogP contribution in [-0.2, 0) is 4.79 Å². The summed E-state index contributed by atoms with van der Waals surface area (Å²) in [6.07, 6.45) is 0. The molecular weight excluding hydrogens is 293 g/mol. The highest BCUT2D eigenvalue weighted by Gasteiger charge is 2.19. The van der Waals surface area contributed by atoms with Gasteiger partial charge >= 0.3 is 0 Å². The van der Waals surface area contributed by atoms with E-state index in [1.807, 2.05) is 13.8 Å². The number of hydrogen-bond donors (Lipinski definition) is 3. The zero-order valence-electron chi connectivity index (χ0n) is 11.7. The number of carbonyl (C=O) groups excluding carboxylic acids is 2. The van der Waals surface area contributed by atoms with E-state index in [0.29, 0.717) is 4.70 Å². The lowest BCUT2D eigenvalue weighted by Crippen LogP contribution is -2.39. The van der Waals surface area contributed by atoms with Gasteiger partial charge in [0, 0.05) is 10.7 Å². The normalized spacial score (nSPS) is 10.9. The summed E-state index contributed by atoms with van der Waals surface area (Å²) in [7, 11) is 0. The zero-order chi connectivity index (χ0) is 15.6. The number of nitrogens with one attached hydrogen (secondary N) is 2. The lowest BCUT2D eigenvalue weighted by atomic mass is 10.2. The van der Waals surface area contributed by atoms with Crippen LogP contribution in [0.1, 0.15) is 23.5 Å². The second-order valence-electron chi connectivity index (χ2n) is 4.86. The molecule has 0 fully saturated rings. The third-order valence-corrected chi connectivity index (χ3v) is 3.94. The number of benzene rings is 1. The van der Waals surface area contributed by atoms with Crippen LogP contribution in [0.2, 0.25) is 0 Å². The van der Waals surface area contributed by atoms with Crippen molar-refractivity contribution >= 4 is 38.9 Å². The third kappa shape index (κ3) is 3.30. The maximum absolute atomic E-state index is 13.7. The molecule has 0 unspecified atom stereocenters. The van der Waals surface area contributed by atoms with Gasteiger partial charge in [-0.15, -0.1) is 11.3 Å². The predicted molar refractivity (Wildman–Crippen MR) is 81.8 cm³/mol. The molecule has 0 spiro atoms. The predicted octanol–water partition coefficient (Wildman–Crippen LogP) is 1.88. The molecule has 112 valence electrons. The molecule has 0 aliphatic rings. The van der Waals surface area contributed by atoms with Crippen molar-refractivity contribution in [3.8, 4) is 0 Å². The summed E-state index contributed by atoms with van der Waals surface area (Å²) in [5, 5.41) is 5.39. The minimum atomic E-state index is -0.480. The Labute approximate surface area is 125 Å². The second kappa shape index (κ2) is 6.09. The molecule has 7 heteroatoms. The Bertz CT molecular complexity index is 697. The number of halogens is 1. The largest absolute Gasteiger partial charge is 0.397 e. The molecule has 0 radical (unpaired) electrons. The maximum atomic E-state index is 13.7. The quantitative estimate of drug-likeness (QED) is 0.806. The number of rotatable bonds is 4. The Kier molecular flexibility index (Phi) is 4.42. The highest BCUT2D eigenvalue weighted by atomic mass is 32.1. The molecule has 21 heavy (non-hydrogen) atoms. The highest BCUT2D eigenvalue weighted by molar-refractivity contribution is 7.21.